The molecule has 7 nitrogen and oxygen atoms in total. The van der Waals surface area contributed by atoms with E-state index in [9.17, 15) is 18.0 Å². The van der Waals surface area contributed by atoms with Gasteiger partial charge in [0.2, 0.25) is 11.8 Å². The summed E-state index contributed by atoms with van der Waals surface area (Å²) in [5.41, 5.74) is 1.21. The molecule has 0 aliphatic rings. The van der Waals surface area contributed by atoms with Gasteiger partial charge in [-0.05, 0) is 78.4 Å². The van der Waals surface area contributed by atoms with Crippen molar-refractivity contribution in [1.29, 1.82) is 0 Å². The highest BCUT2D eigenvalue weighted by Crippen LogP contribution is 2.25. The molecule has 1 N–H and O–H groups in total. The number of carbonyl (C=O) groups excluding carboxylic acids is 2. The molecule has 2 amide bonds. The van der Waals surface area contributed by atoms with E-state index in [4.69, 9.17) is 0 Å². The number of rotatable bonds is 10. The van der Waals surface area contributed by atoms with Gasteiger partial charge in [-0.15, -0.1) is 0 Å². The summed E-state index contributed by atoms with van der Waals surface area (Å²) in [7, 11) is -4.04. The average Bonchev–Trinajstić information content (AvgIpc) is 2.87. The Morgan fingerprint density at radius 3 is 2.06 bits per heavy atom. The van der Waals surface area contributed by atoms with E-state index in [1.165, 1.54) is 17.0 Å². The zero-order valence-electron chi connectivity index (χ0n) is 19.6. The average molecular weight is 605 g/mol. The van der Waals surface area contributed by atoms with E-state index in [0.29, 0.717) is 12.2 Å². The maximum atomic E-state index is 13.7. The van der Waals surface area contributed by atoms with Crippen molar-refractivity contribution in [2.45, 2.75) is 31.3 Å². The Morgan fingerprint density at radius 2 is 1.49 bits per heavy atom. The van der Waals surface area contributed by atoms with E-state index in [-0.39, 0.29) is 17.3 Å². The van der Waals surface area contributed by atoms with Gasteiger partial charge in [0.15, 0.2) is 0 Å². The van der Waals surface area contributed by atoms with Crippen LogP contribution in [0.5, 0.6) is 0 Å². The topological polar surface area (TPSA) is 86.8 Å². The first-order chi connectivity index (χ1) is 16.7. The molecule has 0 heterocycles. The zero-order chi connectivity index (χ0) is 25.4. The largest absolute Gasteiger partial charge is 0.355 e. The number of hydrogen-bond donors (Lipinski definition) is 1. The van der Waals surface area contributed by atoms with Gasteiger partial charge < -0.3 is 10.2 Å². The van der Waals surface area contributed by atoms with E-state index in [1.54, 1.807) is 56.3 Å². The predicted octanol–water partition coefficient (Wildman–Crippen LogP) is 4.04. The number of sulfonamides is 1. The molecule has 35 heavy (non-hydrogen) atoms. The SMILES string of the molecule is CCNC(=O)[C@@H](C)N(Cc1ccccc1)C(=O)CN(c1ccc(I)cc1)S(=O)(=O)c1ccccc1. The Labute approximate surface area is 220 Å². The summed E-state index contributed by atoms with van der Waals surface area (Å²) in [6.45, 7) is 3.59. The Morgan fingerprint density at radius 1 is 0.914 bits per heavy atom. The first kappa shape index (κ1) is 26.7. The molecule has 0 aromatic heterocycles. The smallest absolute Gasteiger partial charge is 0.264 e. The van der Waals surface area contributed by atoms with Gasteiger partial charge in [0.05, 0.1) is 10.6 Å². The number of likely N-dealkylation sites (N-methyl/N-ethyl adjacent to an activating group) is 1. The maximum absolute atomic E-state index is 13.7. The molecule has 0 spiro atoms. The molecule has 3 aromatic rings. The van der Waals surface area contributed by atoms with Crippen LogP contribution >= 0.6 is 22.6 Å². The van der Waals surface area contributed by atoms with Crippen LogP contribution in [-0.4, -0.2) is 44.3 Å². The van der Waals surface area contributed by atoms with Crippen molar-refractivity contribution in [3.05, 3.63) is 94.1 Å². The van der Waals surface area contributed by atoms with Crippen molar-refractivity contribution in [3.63, 3.8) is 0 Å². The standard InChI is InChI=1S/C26H28IN3O4S/c1-3-28-26(32)20(2)29(18-21-10-6-4-7-11-21)25(31)19-30(23-16-14-22(27)15-17-23)35(33,34)24-12-8-5-9-13-24/h4-17,20H,3,18-19H2,1-2H3,(H,28,32)/t20-/m1/s1. The minimum absolute atomic E-state index is 0.0812. The van der Waals surface area contributed by atoms with Crippen molar-refractivity contribution in [2.75, 3.05) is 17.4 Å². The van der Waals surface area contributed by atoms with Crippen LogP contribution in [0.2, 0.25) is 0 Å². The van der Waals surface area contributed by atoms with Crippen LogP contribution in [0.4, 0.5) is 5.69 Å². The lowest BCUT2D eigenvalue weighted by Gasteiger charge is -2.32. The molecule has 3 rings (SSSR count). The molecule has 9 heteroatoms. The lowest BCUT2D eigenvalue weighted by Crippen LogP contribution is -2.51. The van der Waals surface area contributed by atoms with Gasteiger partial charge in [0, 0.05) is 16.7 Å². The number of hydrogen-bond acceptors (Lipinski definition) is 4. The summed E-state index contributed by atoms with van der Waals surface area (Å²) in [6.07, 6.45) is 0. The molecular formula is C26H28IN3O4S. The summed E-state index contributed by atoms with van der Waals surface area (Å²) >= 11 is 2.14. The van der Waals surface area contributed by atoms with Gasteiger partial charge in [0.1, 0.15) is 12.6 Å². The van der Waals surface area contributed by atoms with Gasteiger partial charge in [-0.25, -0.2) is 8.42 Å². The lowest BCUT2D eigenvalue weighted by atomic mass is 10.1. The minimum Gasteiger partial charge on any atom is -0.355 e. The van der Waals surface area contributed by atoms with Gasteiger partial charge in [-0.2, -0.15) is 0 Å². The summed E-state index contributed by atoms with van der Waals surface area (Å²) < 4.78 is 29.3. The number of halogens is 1. The molecule has 0 aliphatic carbocycles. The van der Waals surface area contributed by atoms with Crippen LogP contribution < -0.4 is 9.62 Å². The fourth-order valence-corrected chi connectivity index (χ4v) is 5.34. The first-order valence-corrected chi connectivity index (χ1v) is 13.7. The van der Waals surface area contributed by atoms with Crippen LogP contribution in [0, 0.1) is 3.57 Å². The predicted molar refractivity (Wildman–Crippen MR) is 145 cm³/mol. The highest BCUT2D eigenvalue weighted by Gasteiger charge is 2.32. The summed E-state index contributed by atoms with van der Waals surface area (Å²) in [4.78, 5) is 27.8. The number of nitrogens with zero attached hydrogens (tertiary/aromatic N) is 2. The van der Waals surface area contributed by atoms with Crippen LogP contribution in [0.1, 0.15) is 19.4 Å². The second-order valence-corrected chi connectivity index (χ2v) is 11.0. The molecule has 0 fully saturated rings. The number of nitrogens with one attached hydrogen (secondary N) is 1. The van der Waals surface area contributed by atoms with Crippen LogP contribution in [0.15, 0.2) is 89.8 Å². The highest BCUT2D eigenvalue weighted by molar-refractivity contribution is 14.1. The van der Waals surface area contributed by atoms with Gasteiger partial charge >= 0.3 is 0 Å². The third-order valence-corrected chi connectivity index (χ3v) is 7.95. The molecule has 0 unspecified atom stereocenters. The molecule has 1 atom stereocenters. The zero-order valence-corrected chi connectivity index (χ0v) is 22.6. The summed E-state index contributed by atoms with van der Waals surface area (Å²) in [5.74, 6) is -0.783. The molecular weight excluding hydrogens is 577 g/mol. The number of amides is 2. The normalized spacial score (nSPS) is 12.0. The molecule has 0 saturated heterocycles. The first-order valence-electron chi connectivity index (χ1n) is 11.2. The van der Waals surface area contributed by atoms with Crippen LogP contribution in [-0.2, 0) is 26.2 Å². The van der Waals surface area contributed by atoms with Crippen molar-refractivity contribution < 1.29 is 18.0 Å². The maximum Gasteiger partial charge on any atom is 0.264 e. The van der Waals surface area contributed by atoms with Crippen molar-refractivity contribution >= 4 is 50.1 Å². The Balaban J connectivity index is 2.00. The van der Waals surface area contributed by atoms with Crippen molar-refractivity contribution in [2.24, 2.45) is 0 Å². The van der Waals surface area contributed by atoms with Gasteiger partial charge in [0.25, 0.3) is 10.0 Å². The minimum atomic E-state index is -4.04. The Bertz CT molecular complexity index is 1240. The Kier molecular flexibility index (Phi) is 9.27. The molecule has 0 bridgehead atoms. The molecule has 184 valence electrons. The molecule has 0 saturated carbocycles. The van der Waals surface area contributed by atoms with Crippen LogP contribution in [0.25, 0.3) is 0 Å². The number of benzene rings is 3. The third-order valence-electron chi connectivity index (χ3n) is 5.44. The Hall–Kier alpha value is -2.92. The number of anilines is 1. The second-order valence-electron chi connectivity index (χ2n) is 7.88. The van der Waals surface area contributed by atoms with E-state index in [1.807, 2.05) is 30.3 Å². The van der Waals surface area contributed by atoms with E-state index < -0.39 is 28.5 Å². The fraction of sp³-hybridized carbons (Fsp3) is 0.231. The van der Waals surface area contributed by atoms with Crippen LogP contribution in [0.3, 0.4) is 0 Å². The molecule has 3 aromatic carbocycles. The van der Waals surface area contributed by atoms with E-state index >= 15 is 0 Å². The second kappa shape index (κ2) is 12.2. The summed E-state index contributed by atoms with van der Waals surface area (Å²) in [5, 5.41) is 2.75. The van der Waals surface area contributed by atoms with Gasteiger partial charge in [-0.3, -0.25) is 13.9 Å². The molecule has 0 radical (unpaired) electrons. The quantitative estimate of drug-likeness (QED) is 0.354. The number of carbonyl (C=O) groups is 2. The fourth-order valence-electron chi connectivity index (χ4n) is 3.54. The summed E-state index contributed by atoms with van der Waals surface area (Å²) in [6, 6.07) is 23.4. The lowest BCUT2D eigenvalue weighted by molar-refractivity contribution is -0.139. The van der Waals surface area contributed by atoms with E-state index in [0.717, 1.165) is 13.4 Å². The van der Waals surface area contributed by atoms with E-state index in [2.05, 4.69) is 27.9 Å². The monoisotopic (exact) mass is 605 g/mol. The van der Waals surface area contributed by atoms with Crippen molar-refractivity contribution in [1.82, 2.24) is 10.2 Å². The molecule has 0 aliphatic heterocycles. The third kappa shape index (κ3) is 6.82. The van der Waals surface area contributed by atoms with Crippen molar-refractivity contribution in [3.8, 4) is 0 Å². The van der Waals surface area contributed by atoms with Gasteiger partial charge in [-0.1, -0.05) is 48.5 Å². The highest BCUT2D eigenvalue weighted by atomic mass is 127.